The third-order valence-corrected chi connectivity index (χ3v) is 6.78. The summed E-state index contributed by atoms with van der Waals surface area (Å²) in [5, 5.41) is 0. The fourth-order valence-corrected chi connectivity index (χ4v) is 5.05. The lowest BCUT2D eigenvalue weighted by Gasteiger charge is -2.38. The molecule has 6 rings (SSSR count). The number of hydrogen-bond donors (Lipinski definition) is 1. The number of fused-ring (bicyclic) bond motifs is 3. The molecule has 174 valence electrons. The first-order valence-corrected chi connectivity index (χ1v) is 11.7. The van der Waals surface area contributed by atoms with Crippen molar-refractivity contribution in [1.29, 1.82) is 0 Å². The summed E-state index contributed by atoms with van der Waals surface area (Å²) in [6.45, 7) is 3.41. The SMILES string of the molecule is COc1ccc(N2CCN(c3cccc4c3-c3nc(N)nc(-c5ccccc5)c3C4=O)CC2)cc1. The summed E-state index contributed by atoms with van der Waals surface area (Å²) < 4.78 is 5.28. The molecule has 2 aliphatic rings. The Morgan fingerprint density at radius 2 is 1.46 bits per heavy atom. The molecule has 2 heterocycles. The van der Waals surface area contributed by atoms with E-state index in [9.17, 15) is 4.79 Å². The minimum atomic E-state index is -0.0485. The molecule has 3 aromatic carbocycles. The Hall–Kier alpha value is -4.39. The van der Waals surface area contributed by atoms with E-state index < -0.39 is 0 Å². The van der Waals surface area contributed by atoms with Gasteiger partial charge in [0.1, 0.15) is 5.75 Å². The van der Waals surface area contributed by atoms with E-state index in [0.29, 0.717) is 22.5 Å². The van der Waals surface area contributed by atoms with Crippen molar-refractivity contribution in [2.24, 2.45) is 0 Å². The second kappa shape index (κ2) is 8.43. The topological polar surface area (TPSA) is 84.6 Å². The lowest BCUT2D eigenvalue weighted by molar-refractivity contribution is 0.104. The van der Waals surface area contributed by atoms with E-state index in [4.69, 9.17) is 10.5 Å². The van der Waals surface area contributed by atoms with E-state index in [-0.39, 0.29) is 11.7 Å². The number of anilines is 3. The molecule has 7 nitrogen and oxygen atoms in total. The highest BCUT2D eigenvalue weighted by atomic mass is 16.5. The van der Waals surface area contributed by atoms with Crippen LogP contribution in [0.15, 0.2) is 72.8 Å². The summed E-state index contributed by atoms with van der Waals surface area (Å²) in [7, 11) is 1.68. The number of carbonyl (C=O) groups is 1. The number of nitrogen functional groups attached to an aromatic ring is 1. The first-order chi connectivity index (χ1) is 17.1. The van der Waals surface area contributed by atoms with Gasteiger partial charge in [0.15, 0.2) is 5.78 Å². The van der Waals surface area contributed by atoms with E-state index in [0.717, 1.165) is 48.7 Å². The Morgan fingerprint density at radius 1 is 0.771 bits per heavy atom. The molecule has 0 saturated carbocycles. The molecule has 0 radical (unpaired) electrons. The van der Waals surface area contributed by atoms with Gasteiger partial charge in [-0.15, -0.1) is 0 Å². The summed E-state index contributed by atoms with van der Waals surface area (Å²) in [4.78, 5) is 27.3. The first-order valence-electron chi connectivity index (χ1n) is 11.7. The van der Waals surface area contributed by atoms with Gasteiger partial charge >= 0.3 is 0 Å². The predicted molar refractivity (Wildman–Crippen MR) is 138 cm³/mol. The third-order valence-electron chi connectivity index (χ3n) is 6.78. The maximum atomic E-state index is 13.6. The highest BCUT2D eigenvalue weighted by Crippen LogP contribution is 2.45. The van der Waals surface area contributed by atoms with Crippen molar-refractivity contribution in [3.05, 3.63) is 83.9 Å². The molecule has 4 aromatic rings. The van der Waals surface area contributed by atoms with Crippen LogP contribution in [0.25, 0.3) is 22.5 Å². The van der Waals surface area contributed by atoms with E-state index in [1.165, 1.54) is 5.69 Å². The molecule has 0 atom stereocenters. The summed E-state index contributed by atoms with van der Waals surface area (Å²) in [5.74, 6) is 0.974. The van der Waals surface area contributed by atoms with Gasteiger partial charge in [-0.05, 0) is 30.3 Å². The Morgan fingerprint density at radius 3 is 2.17 bits per heavy atom. The molecular weight excluding hydrogens is 438 g/mol. The zero-order chi connectivity index (χ0) is 23.9. The molecule has 0 spiro atoms. The number of benzene rings is 3. The van der Waals surface area contributed by atoms with Crippen LogP contribution in [-0.4, -0.2) is 49.0 Å². The van der Waals surface area contributed by atoms with Crippen molar-refractivity contribution in [2.75, 3.05) is 48.8 Å². The lowest BCUT2D eigenvalue weighted by Crippen LogP contribution is -2.46. The number of ketones is 1. The summed E-state index contributed by atoms with van der Waals surface area (Å²) >= 11 is 0. The van der Waals surface area contributed by atoms with Crippen molar-refractivity contribution in [3.8, 4) is 28.3 Å². The van der Waals surface area contributed by atoms with Gasteiger partial charge in [0.25, 0.3) is 0 Å². The number of aromatic nitrogens is 2. The molecule has 0 amide bonds. The minimum Gasteiger partial charge on any atom is -0.497 e. The number of hydrogen-bond acceptors (Lipinski definition) is 7. The van der Waals surface area contributed by atoms with Gasteiger partial charge in [-0.1, -0.05) is 42.5 Å². The van der Waals surface area contributed by atoms with Crippen LogP contribution in [0.2, 0.25) is 0 Å². The Labute approximate surface area is 203 Å². The minimum absolute atomic E-state index is 0.0485. The Kier molecular flexibility index (Phi) is 5.10. The van der Waals surface area contributed by atoms with E-state index in [1.807, 2.05) is 54.6 Å². The summed E-state index contributed by atoms with van der Waals surface area (Å²) in [6, 6.07) is 23.7. The average Bonchev–Trinajstić information content (AvgIpc) is 3.20. The zero-order valence-corrected chi connectivity index (χ0v) is 19.4. The van der Waals surface area contributed by atoms with Crippen molar-refractivity contribution in [2.45, 2.75) is 0 Å². The van der Waals surface area contributed by atoms with Crippen LogP contribution in [0.3, 0.4) is 0 Å². The molecule has 1 fully saturated rings. The van der Waals surface area contributed by atoms with Gasteiger partial charge in [-0.3, -0.25) is 4.79 Å². The molecule has 0 bridgehead atoms. The number of piperazine rings is 1. The quantitative estimate of drug-likeness (QED) is 0.426. The van der Waals surface area contributed by atoms with Crippen molar-refractivity contribution >= 4 is 23.1 Å². The number of rotatable bonds is 4. The second-order valence-corrected chi connectivity index (χ2v) is 8.72. The molecule has 1 aliphatic carbocycles. The Balaban J connectivity index is 1.35. The van der Waals surface area contributed by atoms with E-state index >= 15 is 0 Å². The van der Waals surface area contributed by atoms with Crippen LogP contribution in [0.4, 0.5) is 17.3 Å². The number of nitrogens with zero attached hydrogens (tertiary/aromatic N) is 4. The van der Waals surface area contributed by atoms with Gasteiger partial charge in [-0.25, -0.2) is 9.97 Å². The van der Waals surface area contributed by atoms with Crippen LogP contribution in [0.5, 0.6) is 5.75 Å². The normalized spacial score (nSPS) is 14.6. The first kappa shape index (κ1) is 21.2. The maximum absolute atomic E-state index is 13.6. The van der Waals surface area contributed by atoms with Crippen LogP contribution in [0.1, 0.15) is 15.9 Å². The van der Waals surface area contributed by atoms with Crippen LogP contribution in [0, 0.1) is 0 Å². The molecule has 1 aliphatic heterocycles. The second-order valence-electron chi connectivity index (χ2n) is 8.72. The molecule has 1 aromatic heterocycles. The molecule has 35 heavy (non-hydrogen) atoms. The van der Waals surface area contributed by atoms with Gasteiger partial charge in [-0.2, -0.15) is 0 Å². The molecular formula is C28H25N5O2. The van der Waals surface area contributed by atoms with E-state index in [2.05, 4.69) is 38.0 Å². The summed E-state index contributed by atoms with van der Waals surface area (Å²) in [5.41, 5.74) is 12.5. The fraction of sp³-hybridized carbons (Fsp3) is 0.179. The third kappa shape index (κ3) is 3.56. The van der Waals surface area contributed by atoms with Crippen molar-refractivity contribution < 1.29 is 9.53 Å². The largest absolute Gasteiger partial charge is 0.497 e. The van der Waals surface area contributed by atoms with Crippen LogP contribution >= 0.6 is 0 Å². The highest BCUT2D eigenvalue weighted by molar-refractivity contribution is 6.25. The van der Waals surface area contributed by atoms with Gasteiger partial charge < -0.3 is 20.3 Å². The monoisotopic (exact) mass is 463 g/mol. The number of methoxy groups -OCH3 is 1. The fourth-order valence-electron chi connectivity index (χ4n) is 5.05. The predicted octanol–water partition coefficient (Wildman–Crippen LogP) is 4.27. The molecule has 2 N–H and O–H groups in total. The van der Waals surface area contributed by atoms with Gasteiger partial charge in [0.05, 0.1) is 24.1 Å². The zero-order valence-electron chi connectivity index (χ0n) is 19.4. The molecule has 0 unspecified atom stereocenters. The van der Waals surface area contributed by atoms with Crippen LogP contribution in [-0.2, 0) is 0 Å². The van der Waals surface area contributed by atoms with Crippen molar-refractivity contribution in [1.82, 2.24) is 9.97 Å². The van der Waals surface area contributed by atoms with Crippen LogP contribution < -0.4 is 20.3 Å². The van der Waals surface area contributed by atoms with Crippen molar-refractivity contribution in [3.63, 3.8) is 0 Å². The average molecular weight is 464 g/mol. The number of ether oxygens (including phenoxy) is 1. The standard InChI is InChI=1S/C28H25N5O2/c1-35-20-12-10-19(11-13-20)32-14-16-33(17-15-32)22-9-5-8-21-23(22)26-24(27(21)34)25(30-28(29)31-26)18-6-3-2-4-7-18/h2-13H,14-17H2,1H3,(H2,29,30,31). The lowest BCUT2D eigenvalue weighted by atomic mass is 10.0. The number of nitrogens with two attached hydrogens (primary N) is 1. The number of carbonyl (C=O) groups excluding carboxylic acids is 1. The smallest absolute Gasteiger partial charge is 0.221 e. The van der Waals surface area contributed by atoms with Gasteiger partial charge in [0, 0.05) is 54.2 Å². The summed E-state index contributed by atoms with van der Waals surface area (Å²) in [6.07, 6.45) is 0. The van der Waals surface area contributed by atoms with Gasteiger partial charge in [0.2, 0.25) is 5.95 Å². The maximum Gasteiger partial charge on any atom is 0.221 e. The molecule has 7 heteroatoms. The van der Waals surface area contributed by atoms with E-state index in [1.54, 1.807) is 7.11 Å². The molecule has 1 saturated heterocycles. The Bertz CT molecular complexity index is 1410. The highest BCUT2D eigenvalue weighted by Gasteiger charge is 2.35.